The van der Waals surface area contributed by atoms with Gasteiger partial charge in [0.05, 0.1) is 7.11 Å². The summed E-state index contributed by atoms with van der Waals surface area (Å²) in [7, 11) is 1.71. The second kappa shape index (κ2) is 6.58. The molecule has 0 aliphatic rings. The lowest BCUT2D eigenvalue weighted by atomic mass is 9.97. The van der Waals surface area contributed by atoms with Gasteiger partial charge in [0.25, 0.3) is 0 Å². The van der Waals surface area contributed by atoms with Crippen molar-refractivity contribution in [2.75, 3.05) is 13.7 Å². The molecule has 2 heteroatoms. The summed E-state index contributed by atoms with van der Waals surface area (Å²) in [5.74, 6) is 1.46. The average Bonchev–Trinajstić information content (AvgIpc) is 2.47. The SMILES string of the molecule is COc1ccc(CCN)cc1-c1ccc(C(C)C)cc1. The summed E-state index contributed by atoms with van der Waals surface area (Å²) < 4.78 is 5.48. The van der Waals surface area contributed by atoms with E-state index >= 15 is 0 Å². The molecule has 2 nitrogen and oxygen atoms in total. The highest BCUT2D eigenvalue weighted by atomic mass is 16.5. The molecule has 0 amide bonds. The fourth-order valence-electron chi connectivity index (χ4n) is 2.35. The Balaban J connectivity index is 2.41. The minimum Gasteiger partial charge on any atom is -0.496 e. The number of rotatable bonds is 5. The van der Waals surface area contributed by atoms with Crippen molar-refractivity contribution in [2.45, 2.75) is 26.2 Å². The van der Waals surface area contributed by atoms with Gasteiger partial charge in [0, 0.05) is 5.56 Å². The Morgan fingerprint density at radius 2 is 1.75 bits per heavy atom. The second-order valence-electron chi connectivity index (χ2n) is 5.35. The monoisotopic (exact) mass is 269 g/mol. The van der Waals surface area contributed by atoms with Gasteiger partial charge in [-0.25, -0.2) is 0 Å². The van der Waals surface area contributed by atoms with Crippen molar-refractivity contribution in [2.24, 2.45) is 5.73 Å². The maximum absolute atomic E-state index is 5.64. The van der Waals surface area contributed by atoms with E-state index in [2.05, 4.69) is 50.2 Å². The average molecular weight is 269 g/mol. The summed E-state index contributed by atoms with van der Waals surface area (Å²) in [6, 6.07) is 15.0. The molecule has 2 aromatic carbocycles. The summed E-state index contributed by atoms with van der Waals surface area (Å²) in [6.07, 6.45) is 0.890. The highest BCUT2D eigenvalue weighted by molar-refractivity contribution is 5.71. The minimum absolute atomic E-state index is 0.550. The molecule has 0 aliphatic carbocycles. The molecule has 0 heterocycles. The summed E-state index contributed by atoms with van der Waals surface area (Å²) in [5.41, 5.74) is 10.6. The highest BCUT2D eigenvalue weighted by Crippen LogP contribution is 2.32. The molecule has 0 atom stereocenters. The van der Waals surface area contributed by atoms with Crippen LogP contribution in [-0.4, -0.2) is 13.7 Å². The first-order valence-electron chi connectivity index (χ1n) is 7.13. The van der Waals surface area contributed by atoms with Crippen LogP contribution in [0.25, 0.3) is 11.1 Å². The maximum Gasteiger partial charge on any atom is 0.126 e. The van der Waals surface area contributed by atoms with Crippen LogP contribution >= 0.6 is 0 Å². The number of hydrogen-bond acceptors (Lipinski definition) is 2. The zero-order chi connectivity index (χ0) is 14.5. The Labute approximate surface area is 121 Å². The lowest BCUT2D eigenvalue weighted by molar-refractivity contribution is 0.416. The van der Waals surface area contributed by atoms with Crippen LogP contribution in [0.4, 0.5) is 0 Å². The molecule has 0 spiro atoms. The zero-order valence-electron chi connectivity index (χ0n) is 12.5. The van der Waals surface area contributed by atoms with E-state index in [1.54, 1.807) is 7.11 Å². The molecule has 2 rings (SSSR count). The molecule has 0 aromatic heterocycles. The molecule has 0 fully saturated rings. The third kappa shape index (κ3) is 3.20. The van der Waals surface area contributed by atoms with Gasteiger partial charge in [-0.2, -0.15) is 0 Å². The van der Waals surface area contributed by atoms with Crippen LogP contribution in [0.15, 0.2) is 42.5 Å². The van der Waals surface area contributed by atoms with Crippen LogP contribution in [-0.2, 0) is 6.42 Å². The molecule has 0 aliphatic heterocycles. The predicted molar refractivity (Wildman–Crippen MR) is 85.3 cm³/mol. The van der Waals surface area contributed by atoms with Crippen LogP contribution in [0.1, 0.15) is 30.9 Å². The first-order chi connectivity index (χ1) is 9.65. The van der Waals surface area contributed by atoms with Crippen LogP contribution < -0.4 is 10.5 Å². The Kier molecular flexibility index (Phi) is 4.80. The van der Waals surface area contributed by atoms with E-state index in [9.17, 15) is 0 Å². The lowest BCUT2D eigenvalue weighted by Gasteiger charge is -2.12. The van der Waals surface area contributed by atoms with Gasteiger partial charge >= 0.3 is 0 Å². The first-order valence-corrected chi connectivity index (χ1v) is 7.13. The molecule has 20 heavy (non-hydrogen) atoms. The summed E-state index contributed by atoms with van der Waals surface area (Å²) >= 11 is 0. The molecule has 0 bridgehead atoms. The zero-order valence-corrected chi connectivity index (χ0v) is 12.5. The van der Waals surface area contributed by atoms with E-state index in [1.807, 2.05) is 6.07 Å². The topological polar surface area (TPSA) is 35.2 Å². The van der Waals surface area contributed by atoms with Crippen LogP contribution in [0.2, 0.25) is 0 Å². The van der Waals surface area contributed by atoms with E-state index in [1.165, 1.54) is 16.7 Å². The normalized spacial score (nSPS) is 10.8. The van der Waals surface area contributed by atoms with Gasteiger partial charge in [0.1, 0.15) is 5.75 Å². The van der Waals surface area contributed by atoms with E-state index < -0.39 is 0 Å². The van der Waals surface area contributed by atoms with Crippen molar-refractivity contribution in [3.8, 4) is 16.9 Å². The van der Waals surface area contributed by atoms with Gasteiger partial charge in [-0.3, -0.25) is 0 Å². The van der Waals surface area contributed by atoms with Crippen molar-refractivity contribution in [3.63, 3.8) is 0 Å². The van der Waals surface area contributed by atoms with Crippen LogP contribution in [0.5, 0.6) is 5.75 Å². The molecular weight excluding hydrogens is 246 g/mol. The predicted octanol–water partition coefficient (Wildman–Crippen LogP) is 3.99. The number of ether oxygens (including phenoxy) is 1. The smallest absolute Gasteiger partial charge is 0.126 e. The van der Waals surface area contributed by atoms with Gasteiger partial charge in [0.15, 0.2) is 0 Å². The number of nitrogens with two attached hydrogens (primary N) is 1. The van der Waals surface area contributed by atoms with Crippen molar-refractivity contribution >= 4 is 0 Å². The summed E-state index contributed by atoms with van der Waals surface area (Å²) in [5, 5.41) is 0. The number of benzene rings is 2. The minimum atomic E-state index is 0.550. The van der Waals surface area contributed by atoms with Gasteiger partial charge in [-0.05, 0) is 47.7 Å². The van der Waals surface area contributed by atoms with E-state index in [0.29, 0.717) is 12.5 Å². The standard InChI is InChI=1S/C18H23NO/c1-13(2)15-5-7-16(8-6-15)17-12-14(10-11-19)4-9-18(17)20-3/h4-9,12-13H,10-11,19H2,1-3H3. The van der Waals surface area contributed by atoms with E-state index in [-0.39, 0.29) is 0 Å². The van der Waals surface area contributed by atoms with Gasteiger partial charge in [-0.15, -0.1) is 0 Å². The number of methoxy groups -OCH3 is 1. The largest absolute Gasteiger partial charge is 0.496 e. The van der Waals surface area contributed by atoms with Gasteiger partial charge in [0.2, 0.25) is 0 Å². The van der Waals surface area contributed by atoms with Crippen molar-refractivity contribution in [3.05, 3.63) is 53.6 Å². The van der Waals surface area contributed by atoms with Crippen molar-refractivity contribution in [1.29, 1.82) is 0 Å². The van der Waals surface area contributed by atoms with Gasteiger partial charge < -0.3 is 10.5 Å². The Hall–Kier alpha value is -1.80. The molecule has 2 N–H and O–H groups in total. The molecule has 0 unspecified atom stereocenters. The third-order valence-corrected chi connectivity index (χ3v) is 3.59. The van der Waals surface area contributed by atoms with E-state index in [4.69, 9.17) is 10.5 Å². The van der Waals surface area contributed by atoms with Crippen molar-refractivity contribution < 1.29 is 4.74 Å². The molecule has 0 radical (unpaired) electrons. The second-order valence-corrected chi connectivity index (χ2v) is 5.35. The highest BCUT2D eigenvalue weighted by Gasteiger charge is 2.08. The third-order valence-electron chi connectivity index (χ3n) is 3.59. The molecule has 0 saturated carbocycles. The maximum atomic E-state index is 5.64. The molecular formula is C18H23NO. The van der Waals surface area contributed by atoms with Crippen molar-refractivity contribution in [1.82, 2.24) is 0 Å². The molecule has 106 valence electrons. The molecule has 0 saturated heterocycles. The summed E-state index contributed by atoms with van der Waals surface area (Å²) in [6.45, 7) is 5.08. The Morgan fingerprint density at radius 3 is 2.30 bits per heavy atom. The van der Waals surface area contributed by atoms with Crippen LogP contribution in [0.3, 0.4) is 0 Å². The van der Waals surface area contributed by atoms with E-state index in [0.717, 1.165) is 17.7 Å². The van der Waals surface area contributed by atoms with Crippen LogP contribution in [0, 0.1) is 0 Å². The first kappa shape index (κ1) is 14.6. The quantitative estimate of drug-likeness (QED) is 0.891. The number of hydrogen-bond donors (Lipinski definition) is 1. The lowest BCUT2D eigenvalue weighted by Crippen LogP contribution is -2.03. The fourth-order valence-corrected chi connectivity index (χ4v) is 2.35. The Bertz CT molecular complexity index is 558. The Morgan fingerprint density at radius 1 is 1.05 bits per heavy atom. The molecule has 2 aromatic rings. The fraction of sp³-hybridized carbons (Fsp3) is 0.333. The summed E-state index contributed by atoms with van der Waals surface area (Å²) in [4.78, 5) is 0. The van der Waals surface area contributed by atoms with Gasteiger partial charge in [-0.1, -0.05) is 44.2 Å².